The van der Waals surface area contributed by atoms with Gasteiger partial charge in [-0.05, 0) is 6.42 Å². The number of terminal acetylenes is 1. The van der Waals surface area contributed by atoms with Gasteiger partial charge in [0, 0.05) is 11.1 Å². The Kier molecular flexibility index (Phi) is 4.77. The minimum absolute atomic E-state index is 0.113. The molecule has 0 aliphatic carbocycles. The maximum absolute atomic E-state index is 12.1. The third kappa shape index (κ3) is 3.18. The van der Waals surface area contributed by atoms with Crippen LogP contribution in [0.15, 0.2) is 17.2 Å². The quantitative estimate of drug-likeness (QED) is 0.860. The van der Waals surface area contributed by atoms with Crippen molar-refractivity contribution in [1.29, 1.82) is 0 Å². The molecule has 1 N–H and O–H groups in total. The van der Waals surface area contributed by atoms with Crippen molar-refractivity contribution in [3.63, 3.8) is 0 Å². The van der Waals surface area contributed by atoms with Crippen LogP contribution in [0.3, 0.4) is 0 Å². The van der Waals surface area contributed by atoms with Crippen LogP contribution in [0, 0.1) is 12.3 Å². The molecule has 2 aromatic heterocycles. The summed E-state index contributed by atoms with van der Waals surface area (Å²) in [7, 11) is 0. The fourth-order valence-electron chi connectivity index (χ4n) is 1.58. The van der Waals surface area contributed by atoms with Crippen LogP contribution in [0.2, 0.25) is 5.02 Å². The van der Waals surface area contributed by atoms with Gasteiger partial charge in [0.1, 0.15) is 17.2 Å². The van der Waals surface area contributed by atoms with E-state index in [1.807, 2.05) is 6.20 Å². The van der Waals surface area contributed by atoms with Crippen molar-refractivity contribution in [1.82, 2.24) is 14.8 Å². The first kappa shape index (κ1) is 14.6. The van der Waals surface area contributed by atoms with Gasteiger partial charge in [0.05, 0.1) is 17.8 Å². The number of thiazole rings is 1. The van der Waals surface area contributed by atoms with Gasteiger partial charge in [-0.2, -0.15) is 5.10 Å². The fraction of sp³-hybridized carbons (Fsp3) is 0.308. The summed E-state index contributed by atoms with van der Waals surface area (Å²) >= 11 is 7.60. The number of nitrogens with zero attached hydrogens (tertiary/aromatic N) is 3. The smallest absolute Gasteiger partial charge is 0.292 e. The van der Waals surface area contributed by atoms with Crippen molar-refractivity contribution in [3.05, 3.63) is 37.7 Å². The maximum atomic E-state index is 12.1. The van der Waals surface area contributed by atoms with E-state index in [-0.39, 0.29) is 17.1 Å². The maximum Gasteiger partial charge on any atom is 0.292 e. The summed E-state index contributed by atoms with van der Waals surface area (Å²) in [5.41, 5.74) is -0.0344. The molecule has 7 heteroatoms. The molecule has 2 aromatic rings. The molecule has 0 amide bonds. The highest BCUT2D eigenvalue weighted by molar-refractivity contribution is 7.11. The molecule has 20 heavy (non-hydrogen) atoms. The van der Waals surface area contributed by atoms with Crippen LogP contribution >= 0.6 is 22.9 Å². The van der Waals surface area contributed by atoms with Gasteiger partial charge in [-0.1, -0.05) is 24.4 Å². The summed E-state index contributed by atoms with van der Waals surface area (Å²) in [6.45, 7) is 2.63. The van der Waals surface area contributed by atoms with Crippen molar-refractivity contribution in [2.24, 2.45) is 0 Å². The molecule has 0 radical (unpaired) electrons. The summed E-state index contributed by atoms with van der Waals surface area (Å²) in [5.74, 6) is 2.38. The van der Waals surface area contributed by atoms with Crippen molar-refractivity contribution >= 4 is 28.6 Å². The summed E-state index contributed by atoms with van der Waals surface area (Å²) in [6, 6.07) is 0. The number of aromatic nitrogens is 3. The van der Waals surface area contributed by atoms with E-state index in [9.17, 15) is 4.79 Å². The van der Waals surface area contributed by atoms with E-state index in [0.29, 0.717) is 12.2 Å². The Balaban J connectivity index is 2.18. The highest BCUT2D eigenvalue weighted by Gasteiger charge is 2.10. The highest BCUT2D eigenvalue weighted by atomic mass is 35.5. The molecule has 0 bridgehead atoms. The lowest BCUT2D eigenvalue weighted by Gasteiger charge is -2.07. The zero-order valence-corrected chi connectivity index (χ0v) is 12.5. The van der Waals surface area contributed by atoms with Gasteiger partial charge in [0.25, 0.3) is 5.56 Å². The number of aryl methyl sites for hydroxylation is 1. The topological polar surface area (TPSA) is 59.8 Å². The Bertz CT molecular complexity index is 701. The van der Waals surface area contributed by atoms with E-state index in [4.69, 9.17) is 18.0 Å². The van der Waals surface area contributed by atoms with E-state index in [1.165, 1.54) is 15.8 Å². The average molecular weight is 309 g/mol. The van der Waals surface area contributed by atoms with Crippen LogP contribution in [0.4, 0.5) is 5.69 Å². The Morgan fingerprint density at radius 3 is 3.00 bits per heavy atom. The van der Waals surface area contributed by atoms with Gasteiger partial charge in [0.2, 0.25) is 0 Å². The average Bonchev–Trinajstić information content (AvgIpc) is 2.90. The number of hydrogen-bond donors (Lipinski definition) is 1. The fourth-order valence-corrected chi connectivity index (χ4v) is 2.58. The lowest BCUT2D eigenvalue weighted by molar-refractivity contribution is 0.664. The van der Waals surface area contributed by atoms with E-state index in [2.05, 4.69) is 28.2 Å². The largest absolute Gasteiger partial charge is 0.373 e. The second-order valence-corrected chi connectivity index (χ2v) is 5.57. The first-order chi connectivity index (χ1) is 9.65. The molecule has 0 unspecified atom stereocenters. The zero-order chi connectivity index (χ0) is 14.5. The van der Waals surface area contributed by atoms with Crippen LogP contribution in [0.1, 0.15) is 16.8 Å². The second kappa shape index (κ2) is 6.55. The van der Waals surface area contributed by atoms with Gasteiger partial charge in [-0.15, -0.1) is 17.8 Å². The molecule has 5 nitrogen and oxygen atoms in total. The summed E-state index contributed by atoms with van der Waals surface area (Å²) in [4.78, 5) is 17.6. The monoisotopic (exact) mass is 308 g/mol. The van der Waals surface area contributed by atoms with Gasteiger partial charge >= 0.3 is 0 Å². The van der Waals surface area contributed by atoms with Crippen molar-refractivity contribution < 1.29 is 0 Å². The lowest BCUT2D eigenvalue weighted by atomic mass is 10.4. The zero-order valence-electron chi connectivity index (χ0n) is 10.9. The summed E-state index contributed by atoms with van der Waals surface area (Å²) in [5, 5.41) is 8.06. The number of anilines is 1. The highest BCUT2D eigenvalue weighted by Crippen LogP contribution is 2.18. The summed E-state index contributed by atoms with van der Waals surface area (Å²) < 4.78 is 1.19. The standard InChI is InChI=1S/C13H13ClN4OS/c1-3-5-18-13(19)12(10(14)7-17-18)16-8-11-15-6-9(4-2)20-11/h1,6-7,16H,4-5,8H2,2H3. The van der Waals surface area contributed by atoms with Crippen LogP contribution in [-0.2, 0) is 19.5 Å². The second-order valence-electron chi connectivity index (χ2n) is 3.96. The van der Waals surface area contributed by atoms with E-state index in [1.54, 1.807) is 11.3 Å². The normalized spacial score (nSPS) is 10.2. The van der Waals surface area contributed by atoms with Crippen molar-refractivity contribution in [2.75, 3.05) is 5.32 Å². The minimum Gasteiger partial charge on any atom is -0.373 e. The van der Waals surface area contributed by atoms with Gasteiger partial charge in [0.15, 0.2) is 0 Å². The van der Waals surface area contributed by atoms with Gasteiger partial charge in [-0.25, -0.2) is 9.67 Å². The predicted molar refractivity (Wildman–Crippen MR) is 81.2 cm³/mol. The molecular weight excluding hydrogens is 296 g/mol. The number of rotatable bonds is 5. The van der Waals surface area contributed by atoms with E-state index >= 15 is 0 Å². The van der Waals surface area contributed by atoms with E-state index in [0.717, 1.165) is 11.4 Å². The van der Waals surface area contributed by atoms with Crippen LogP contribution in [-0.4, -0.2) is 14.8 Å². The first-order valence-electron chi connectivity index (χ1n) is 6.02. The molecule has 0 saturated heterocycles. The SMILES string of the molecule is C#CCn1ncc(Cl)c(NCc2ncc(CC)s2)c1=O. The minimum atomic E-state index is -0.331. The molecule has 0 spiro atoms. The number of hydrogen-bond acceptors (Lipinski definition) is 5. The predicted octanol–water partition coefficient (Wildman–Crippen LogP) is 2.16. The van der Waals surface area contributed by atoms with Crippen molar-refractivity contribution in [3.8, 4) is 12.3 Å². The lowest BCUT2D eigenvalue weighted by Crippen LogP contribution is -2.25. The molecular formula is C13H13ClN4OS. The molecule has 0 aliphatic heterocycles. The molecule has 2 heterocycles. The molecule has 2 rings (SSSR count). The van der Waals surface area contributed by atoms with Crippen LogP contribution in [0.5, 0.6) is 0 Å². The first-order valence-corrected chi connectivity index (χ1v) is 7.21. The number of nitrogens with one attached hydrogen (secondary N) is 1. The summed E-state index contributed by atoms with van der Waals surface area (Å²) in [6.07, 6.45) is 9.38. The van der Waals surface area contributed by atoms with Gasteiger partial charge in [-0.3, -0.25) is 4.79 Å². The Morgan fingerprint density at radius 1 is 1.55 bits per heavy atom. The van der Waals surface area contributed by atoms with Gasteiger partial charge < -0.3 is 5.32 Å². The Morgan fingerprint density at radius 2 is 2.35 bits per heavy atom. The third-order valence-corrected chi connectivity index (χ3v) is 4.03. The Labute approximate surface area is 125 Å². The van der Waals surface area contributed by atoms with Crippen molar-refractivity contribution in [2.45, 2.75) is 26.4 Å². The third-order valence-electron chi connectivity index (χ3n) is 2.60. The van der Waals surface area contributed by atoms with Crippen LogP contribution < -0.4 is 10.9 Å². The molecule has 0 atom stereocenters. The molecule has 0 aliphatic rings. The molecule has 104 valence electrons. The molecule has 0 fully saturated rings. The van der Waals surface area contributed by atoms with E-state index < -0.39 is 0 Å². The Hall–Kier alpha value is -1.84. The molecule has 0 saturated carbocycles. The molecule has 0 aromatic carbocycles. The number of halogens is 1. The van der Waals surface area contributed by atoms with Crippen LogP contribution in [0.25, 0.3) is 0 Å².